The largest absolute Gasteiger partial charge is 0.208 e. The summed E-state index contributed by atoms with van der Waals surface area (Å²) in [6.45, 7) is 0. The van der Waals surface area contributed by atoms with E-state index in [9.17, 15) is 0 Å². The van der Waals surface area contributed by atoms with E-state index in [2.05, 4.69) is 115 Å². The fourth-order valence-electron chi connectivity index (χ4n) is 6.92. The van der Waals surface area contributed by atoms with Gasteiger partial charge >= 0.3 is 0 Å². The van der Waals surface area contributed by atoms with Crippen LogP contribution in [0.15, 0.2) is 176 Å². The average Bonchev–Trinajstić information content (AvgIpc) is 3.17. The highest BCUT2D eigenvalue weighted by Crippen LogP contribution is 2.45. The van der Waals surface area contributed by atoms with E-state index in [4.69, 9.17) is 15.0 Å². The molecule has 3 heteroatoms. The fourth-order valence-corrected chi connectivity index (χ4v) is 6.92. The van der Waals surface area contributed by atoms with Crippen LogP contribution in [0.25, 0.3) is 88.7 Å². The molecule has 0 amide bonds. The van der Waals surface area contributed by atoms with E-state index in [1.54, 1.807) is 0 Å². The van der Waals surface area contributed by atoms with Crippen molar-refractivity contribution in [1.29, 1.82) is 0 Å². The number of benzene rings is 8. The van der Waals surface area contributed by atoms with Crippen molar-refractivity contribution in [3.05, 3.63) is 176 Å². The number of hydrogen-bond donors (Lipinski definition) is 0. The summed E-state index contributed by atoms with van der Waals surface area (Å²) < 4.78 is 0. The Morgan fingerprint density at radius 1 is 0.271 bits per heavy atom. The number of fused-ring (bicyclic) bond motifs is 3. The highest BCUT2D eigenvalue weighted by atomic mass is 15.0. The topological polar surface area (TPSA) is 38.7 Å². The first-order chi connectivity index (χ1) is 23.8. The lowest BCUT2D eigenvalue weighted by atomic mass is 9.84. The zero-order valence-corrected chi connectivity index (χ0v) is 26.1. The van der Waals surface area contributed by atoms with E-state index in [1.165, 1.54) is 49.0 Å². The van der Waals surface area contributed by atoms with Crippen molar-refractivity contribution >= 4 is 32.3 Å². The minimum Gasteiger partial charge on any atom is -0.208 e. The first kappa shape index (κ1) is 27.8. The number of rotatable bonds is 5. The van der Waals surface area contributed by atoms with Crippen molar-refractivity contribution in [3.8, 4) is 56.4 Å². The Morgan fingerprint density at radius 2 is 0.667 bits per heavy atom. The van der Waals surface area contributed by atoms with Gasteiger partial charge in [0.1, 0.15) is 0 Å². The maximum Gasteiger partial charge on any atom is 0.164 e. The van der Waals surface area contributed by atoms with Crippen LogP contribution in [0.4, 0.5) is 0 Å². The summed E-state index contributed by atoms with van der Waals surface area (Å²) in [5, 5.41) is 7.37. The molecule has 9 aromatic rings. The second kappa shape index (κ2) is 11.7. The molecule has 9 rings (SSSR count). The normalized spacial score (nSPS) is 11.3. The molecule has 1 heterocycles. The summed E-state index contributed by atoms with van der Waals surface area (Å²) in [5.74, 6) is 1.95. The standard InChI is InChI=1S/C45H29N3/c1-3-16-31(17-4-1)43-46-44(32-18-5-2-6-19-32)48-45(47-43)34-22-13-21-33(29-34)41-37-24-9-11-26-39(37)42(40-27-12-10-25-38(40)41)36-28-14-20-30-15-7-8-23-35(30)36/h1-29H. The Bertz CT molecular complexity index is 2490. The summed E-state index contributed by atoms with van der Waals surface area (Å²) in [6, 6.07) is 61.7. The molecule has 0 atom stereocenters. The molecule has 0 radical (unpaired) electrons. The van der Waals surface area contributed by atoms with Gasteiger partial charge in [-0.2, -0.15) is 0 Å². The molecule has 0 N–H and O–H groups in total. The van der Waals surface area contributed by atoms with Gasteiger partial charge in [-0.3, -0.25) is 0 Å². The molecular weight excluding hydrogens is 583 g/mol. The molecule has 224 valence electrons. The van der Waals surface area contributed by atoms with Crippen LogP contribution in [0.3, 0.4) is 0 Å². The Balaban J connectivity index is 1.28. The zero-order valence-electron chi connectivity index (χ0n) is 26.1. The molecule has 0 fully saturated rings. The van der Waals surface area contributed by atoms with Gasteiger partial charge in [-0.1, -0.05) is 170 Å². The smallest absolute Gasteiger partial charge is 0.164 e. The van der Waals surface area contributed by atoms with Crippen LogP contribution in [0.5, 0.6) is 0 Å². The average molecular weight is 612 g/mol. The van der Waals surface area contributed by atoms with E-state index in [1.807, 2.05) is 60.7 Å². The lowest BCUT2D eigenvalue weighted by molar-refractivity contribution is 1.07. The van der Waals surface area contributed by atoms with Gasteiger partial charge in [0.15, 0.2) is 17.5 Å². The molecule has 48 heavy (non-hydrogen) atoms. The molecule has 1 aromatic heterocycles. The number of aromatic nitrogens is 3. The maximum atomic E-state index is 5.02. The summed E-state index contributed by atoms with van der Waals surface area (Å²) in [6.07, 6.45) is 0. The van der Waals surface area contributed by atoms with E-state index in [-0.39, 0.29) is 0 Å². The van der Waals surface area contributed by atoms with Gasteiger partial charge < -0.3 is 0 Å². The molecule has 8 aromatic carbocycles. The van der Waals surface area contributed by atoms with Crippen LogP contribution < -0.4 is 0 Å². The lowest BCUT2D eigenvalue weighted by Gasteiger charge is -2.19. The highest BCUT2D eigenvalue weighted by Gasteiger charge is 2.19. The van der Waals surface area contributed by atoms with Crippen LogP contribution in [0, 0.1) is 0 Å². The second-order valence-electron chi connectivity index (χ2n) is 12.0. The van der Waals surface area contributed by atoms with Crippen molar-refractivity contribution in [2.24, 2.45) is 0 Å². The number of nitrogens with zero attached hydrogens (tertiary/aromatic N) is 3. The van der Waals surface area contributed by atoms with Gasteiger partial charge in [-0.05, 0) is 60.6 Å². The van der Waals surface area contributed by atoms with Gasteiger partial charge in [0.05, 0.1) is 0 Å². The van der Waals surface area contributed by atoms with Crippen LogP contribution in [0.2, 0.25) is 0 Å². The molecule has 0 aliphatic carbocycles. The van der Waals surface area contributed by atoms with Gasteiger partial charge in [0.2, 0.25) is 0 Å². The summed E-state index contributed by atoms with van der Waals surface area (Å²) in [5.41, 5.74) is 7.67. The third kappa shape index (κ3) is 4.81. The first-order valence-electron chi connectivity index (χ1n) is 16.2. The van der Waals surface area contributed by atoms with Crippen molar-refractivity contribution < 1.29 is 0 Å². The molecule has 0 aliphatic rings. The third-order valence-electron chi connectivity index (χ3n) is 9.10. The monoisotopic (exact) mass is 611 g/mol. The molecule has 0 bridgehead atoms. The highest BCUT2D eigenvalue weighted by molar-refractivity contribution is 6.23. The zero-order chi connectivity index (χ0) is 31.9. The molecule has 0 saturated carbocycles. The molecule has 0 unspecified atom stereocenters. The Hall–Kier alpha value is -6.45. The van der Waals surface area contributed by atoms with Gasteiger partial charge in [-0.25, -0.2) is 15.0 Å². The predicted octanol–water partition coefficient (Wildman–Crippen LogP) is 11.7. The van der Waals surface area contributed by atoms with Crippen LogP contribution in [-0.2, 0) is 0 Å². The Morgan fingerprint density at radius 3 is 1.25 bits per heavy atom. The van der Waals surface area contributed by atoms with Crippen LogP contribution in [-0.4, -0.2) is 15.0 Å². The van der Waals surface area contributed by atoms with Crippen LogP contribution in [0.1, 0.15) is 0 Å². The predicted molar refractivity (Wildman–Crippen MR) is 200 cm³/mol. The van der Waals surface area contributed by atoms with Crippen LogP contribution >= 0.6 is 0 Å². The van der Waals surface area contributed by atoms with Crippen molar-refractivity contribution in [1.82, 2.24) is 15.0 Å². The molecular formula is C45H29N3. The van der Waals surface area contributed by atoms with Crippen molar-refractivity contribution in [3.63, 3.8) is 0 Å². The fraction of sp³-hybridized carbons (Fsp3) is 0. The Kier molecular flexibility index (Phi) is 6.80. The van der Waals surface area contributed by atoms with Gasteiger partial charge in [0, 0.05) is 16.7 Å². The molecule has 0 aliphatic heterocycles. The maximum absolute atomic E-state index is 5.02. The van der Waals surface area contributed by atoms with E-state index in [0.29, 0.717) is 17.5 Å². The number of hydrogen-bond acceptors (Lipinski definition) is 3. The van der Waals surface area contributed by atoms with E-state index < -0.39 is 0 Å². The minimum absolute atomic E-state index is 0.644. The summed E-state index contributed by atoms with van der Waals surface area (Å²) >= 11 is 0. The molecule has 0 saturated heterocycles. The summed E-state index contributed by atoms with van der Waals surface area (Å²) in [7, 11) is 0. The van der Waals surface area contributed by atoms with E-state index >= 15 is 0 Å². The second-order valence-corrected chi connectivity index (χ2v) is 12.0. The summed E-state index contributed by atoms with van der Waals surface area (Å²) in [4.78, 5) is 14.9. The van der Waals surface area contributed by atoms with Crippen molar-refractivity contribution in [2.75, 3.05) is 0 Å². The lowest BCUT2D eigenvalue weighted by Crippen LogP contribution is -2.00. The quantitative estimate of drug-likeness (QED) is 0.182. The van der Waals surface area contributed by atoms with E-state index in [0.717, 1.165) is 22.3 Å². The van der Waals surface area contributed by atoms with Gasteiger partial charge in [0.25, 0.3) is 0 Å². The minimum atomic E-state index is 0.644. The first-order valence-corrected chi connectivity index (χ1v) is 16.2. The van der Waals surface area contributed by atoms with Gasteiger partial charge in [-0.15, -0.1) is 0 Å². The molecule has 0 spiro atoms. The molecule has 3 nitrogen and oxygen atoms in total. The Labute approximate surface area is 278 Å². The van der Waals surface area contributed by atoms with Crippen molar-refractivity contribution in [2.45, 2.75) is 0 Å². The third-order valence-corrected chi connectivity index (χ3v) is 9.10. The SMILES string of the molecule is c1ccc(-c2nc(-c3ccccc3)nc(-c3cccc(-c4c5ccccc5c(-c5cccc6ccccc56)c5ccccc45)c3)n2)cc1.